The number of rotatable bonds is 5. The number of aryl methyl sites for hydroxylation is 2. The molecule has 3 heterocycles. The van der Waals surface area contributed by atoms with E-state index in [-0.39, 0.29) is 17.7 Å². The fourth-order valence-corrected chi connectivity index (χ4v) is 4.50. The van der Waals surface area contributed by atoms with E-state index in [0.717, 1.165) is 21.5 Å². The molecule has 0 bridgehead atoms. The molecular formula is C22H20FN3O3S. The molecule has 1 amide bonds. The van der Waals surface area contributed by atoms with Crippen LogP contribution in [0.3, 0.4) is 0 Å². The highest BCUT2D eigenvalue weighted by Gasteiger charge is 2.22. The minimum atomic E-state index is -0.467. The topological polar surface area (TPSA) is 77.2 Å². The molecule has 0 radical (unpaired) electrons. The zero-order valence-corrected chi connectivity index (χ0v) is 17.8. The molecule has 0 aliphatic carbocycles. The second-order valence-electron chi connectivity index (χ2n) is 6.94. The first-order chi connectivity index (χ1) is 14.4. The molecule has 1 N–H and O–H groups in total. The molecule has 0 unspecified atom stereocenters. The van der Waals surface area contributed by atoms with E-state index in [4.69, 9.17) is 9.15 Å². The average Bonchev–Trinajstić information content (AvgIpc) is 3.36. The Bertz CT molecular complexity index is 1230. The van der Waals surface area contributed by atoms with Gasteiger partial charge in [0.1, 0.15) is 4.83 Å². The Labute approximate surface area is 176 Å². The Hall–Kier alpha value is -3.26. The first-order valence-electron chi connectivity index (χ1n) is 9.35. The predicted molar refractivity (Wildman–Crippen MR) is 113 cm³/mol. The number of amides is 1. The van der Waals surface area contributed by atoms with E-state index in [2.05, 4.69) is 15.3 Å². The van der Waals surface area contributed by atoms with Gasteiger partial charge < -0.3 is 14.5 Å². The second kappa shape index (κ2) is 7.87. The third-order valence-electron chi connectivity index (χ3n) is 4.94. The maximum Gasteiger partial charge on any atom is 0.262 e. The third kappa shape index (κ3) is 3.54. The van der Waals surface area contributed by atoms with E-state index in [9.17, 15) is 9.18 Å². The van der Waals surface area contributed by atoms with Crippen LogP contribution in [0, 0.1) is 19.7 Å². The van der Waals surface area contributed by atoms with Gasteiger partial charge in [-0.1, -0.05) is 6.07 Å². The van der Waals surface area contributed by atoms with Crippen molar-refractivity contribution in [1.82, 2.24) is 15.3 Å². The predicted octanol–water partition coefficient (Wildman–Crippen LogP) is 5.21. The van der Waals surface area contributed by atoms with Crippen molar-refractivity contribution in [2.24, 2.45) is 0 Å². The van der Waals surface area contributed by atoms with Crippen molar-refractivity contribution in [3.8, 4) is 17.3 Å². The molecule has 0 aliphatic heterocycles. The first-order valence-corrected chi connectivity index (χ1v) is 10.2. The lowest BCUT2D eigenvalue weighted by Crippen LogP contribution is -2.26. The largest absolute Gasteiger partial charge is 0.494 e. The van der Waals surface area contributed by atoms with Gasteiger partial charge in [0.25, 0.3) is 5.91 Å². The highest BCUT2D eigenvalue weighted by molar-refractivity contribution is 7.20. The molecular weight excluding hydrogens is 405 g/mol. The van der Waals surface area contributed by atoms with Crippen molar-refractivity contribution in [3.05, 3.63) is 64.1 Å². The lowest BCUT2D eigenvalue weighted by Gasteiger charge is -2.15. The van der Waals surface area contributed by atoms with Crippen LogP contribution in [0.5, 0.6) is 5.75 Å². The zero-order chi connectivity index (χ0) is 21.4. The molecule has 3 aromatic heterocycles. The van der Waals surface area contributed by atoms with Crippen LogP contribution in [-0.4, -0.2) is 23.0 Å². The summed E-state index contributed by atoms with van der Waals surface area (Å²) in [6.45, 7) is 5.58. The normalized spacial score (nSPS) is 12.2. The van der Waals surface area contributed by atoms with Crippen LogP contribution < -0.4 is 10.1 Å². The highest BCUT2D eigenvalue weighted by atomic mass is 32.1. The highest BCUT2D eigenvalue weighted by Crippen LogP contribution is 2.33. The molecule has 0 spiro atoms. The van der Waals surface area contributed by atoms with Crippen molar-refractivity contribution in [1.29, 1.82) is 0 Å². The number of hydrogen-bond donors (Lipinski definition) is 1. The summed E-state index contributed by atoms with van der Waals surface area (Å²) in [7, 11) is 1.41. The van der Waals surface area contributed by atoms with Crippen molar-refractivity contribution in [2.75, 3.05) is 7.11 Å². The molecule has 6 nitrogen and oxygen atoms in total. The maximum atomic E-state index is 14.0. The van der Waals surface area contributed by atoms with Gasteiger partial charge in [-0.3, -0.25) is 4.79 Å². The molecule has 0 fully saturated rings. The Balaban J connectivity index is 1.64. The number of benzene rings is 1. The number of furan rings is 1. The lowest BCUT2D eigenvalue weighted by molar-refractivity contribution is 0.0943. The Morgan fingerprint density at radius 3 is 2.73 bits per heavy atom. The van der Waals surface area contributed by atoms with Crippen LogP contribution in [0.1, 0.15) is 39.5 Å². The molecule has 1 atom stereocenters. The number of aromatic nitrogens is 2. The molecule has 0 saturated carbocycles. The third-order valence-corrected chi connectivity index (χ3v) is 6.13. The number of carbonyl (C=O) groups is 1. The van der Waals surface area contributed by atoms with E-state index in [1.54, 1.807) is 30.5 Å². The van der Waals surface area contributed by atoms with Crippen LogP contribution in [0.15, 0.2) is 41.0 Å². The smallest absolute Gasteiger partial charge is 0.262 e. The Morgan fingerprint density at radius 1 is 1.27 bits per heavy atom. The van der Waals surface area contributed by atoms with Crippen molar-refractivity contribution in [3.63, 3.8) is 0 Å². The summed E-state index contributed by atoms with van der Waals surface area (Å²) in [5, 5.41) is 3.80. The van der Waals surface area contributed by atoms with Crippen molar-refractivity contribution in [2.45, 2.75) is 26.8 Å². The summed E-state index contributed by atoms with van der Waals surface area (Å²) in [6.07, 6.45) is 1.57. The number of ether oxygens (including phenoxy) is 1. The summed E-state index contributed by atoms with van der Waals surface area (Å²) in [6, 6.07) is 7.84. The molecule has 1 aromatic carbocycles. The van der Waals surface area contributed by atoms with Crippen LogP contribution in [0.4, 0.5) is 4.39 Å². The van der Waals surface area contributed by atoms with Crippen LogP contribution in [0.2, 0.25) is 0 Å². The van der Waals surface area contributed by atoms with Gasteiger partial charge in [0.2, 0.25) is 0 Å². The Kier molecular flexibility index (Phi) is 5.26. The molecule has 0 saturated heterocycles. The number of hydrogen-bond acceptors (Lipinski definition) is 6. The summed E-state index contributed by atoms with van der Waals surface area (Å²) in [5.41, 5.74) is 2.25. The van der Waals surface area contributed by atoms with Gasteiger partial charge in [-0.15, -0.1) is 11.3 Å². The number of nitrogens with zero attached hydrogens (tertiary/aromatic N) is 2. The number of carbonyl (C=O) groups excluding carboxylic acids is 1. The summed E-state index contributed by atoms with van der Waals surface area (Å²) in [5.74, 6) is 0.523. The van der Waals surface area contributed by atoms with E-state index in [1.807, 2.05) is 20.8 Å². The van der Waals surface area contributed by atoms with Crippen molar-refractivity contribution >= 4 is 27.5 Å². The van der Waals surface area contributed by atoms with Gasteiger partial charge in [0.05, 0.1) is 30.0 Å². The zero-order valence-electron chi connectivity index (χ0n) is 16.9. The summed E-state index contributed by atoms with van der Waals surface area (Å²) < 4.78 is 24.4. The lowest BCUT2D eigenvalue weighted by atomic mass is 10.1. The molecule has 4 rings (SSSR count). The molecule has 154 valence electrons. The first kappa shape index (κ1) is 20.0. The monoisotopic (exact) mass is 425 g/mol. The second-order valence-corrected chi connectivity index (χ2v) is 7.93. The van der Waals surface area contributed by atoms with E-state index < -0.39 is 5.82 Å². The Morgan fingerprint density at radius 2 is 2.07 bits per heavy atom. The van der Waals surface area contributed by atoms with Gasteiger partial charge in [-0.05, 0) is 56.2 Å². The van der Waals surface area contributed by atoms with E-state index >= 15 is 0 Å². The van der Waals surface area contributed by atoms with Gasteiger partial charge in [0, 0.05) is 5.39 Å². The van der Waals surface area contributed by atoms with Gasteiger partial charge in [-0.25, -0.2) is 14.4 Å². The van der Waals surface area contributed by atoms with Gasteiger partial charge >= 0.3 is 0 Å². The minimum Gasteiger partial charge on any atom is -0.494 e. The number of methoxy groups -OCH3 is 1. The maximum absolute atomic E-state index is 14.0. The number of fused-ring (bicyclic) bond motifs is 1. The minimum absolute atomic E-state index is 0.166. The van der Waals surface area contributed by atoms with E-state index in [1.165, 1.54) is 24.5 Å². The standard InChI is InChI=1S/C22H20FN3O3S/c1-11-18-13(3)24-20(17-6-5-9-29-17)26-22(18)30-19(11)21(27)25-12(2)14-7-8-16(28-4)15(23)10-14/h5-10,12H,1-4H3,(H,25,27)/t12-/m0/s1. The summed E-state index contributed by atoms with van der Waals surface area (Å²) in [4.78, 5) is 23.4. The fourth-order valence-electron chi connectivity index (χ4n) is 3.37. The van der Waals surface area contributed by atoms with Crippen LogP contribution in [0.25, 0.3) is 21.8 Å². The quantitative estimate of drug-likeness (QED) is 0.475. The molecule has 30 heavy (non-hydrogen) atoms. The van der Waals surface area contributed by atoms with E-state index in [0.29, 0.717) is 22.0 Å². The molecule has 8 heteroatoms. The van der Waals surface area contributed by atoms with Crippen LogP contribution in [-0.2, 0) is 0 Å². The van der Waals surface area contributed by atoms with Crippen molar-refractivity contribution < 1.29 is 18.3 Å². The molecule has 4 aromatic rings. The molecule has 0 aliphatic rings. The summed E-state index contributed by atoms with van der Waals surface area (Å²) >= 11 is 1.31. The number of halogens is 1. The average molecular weight is 425 g/mol. The van der Waals surface area contributed by atoms with Crippen LogP contribution >= 0.6 is 11.3 Å². The number of nitrogens with one attached hydrogen (secondary N) is 1. The van der Waals surface area contributed by atoms with Gasteiger partial charge in [0.15, 0.2) is 23.2 Å². The SMILES string of the molecule is COc1ccc([C@H](C)NC(=O)c2sc3nc(-c4ccco4)nc(C)c3c2C)cc1F. The van der Waals surface area contributed by atoms with Gasteiger partial charge in [-0.2, -0.15) is 0 Å². The fraction of sp³-hybridized carbons (Fsp3) is 0.227. The number of thiophene rings is 1.